The van der Waals surface area contributed by atoms with Crippen LogP contribution in [0.2, 0.25) is 0 Å². The van der Waals surface area contributed by atoms with E-state index in [-0.39, 0.29) is 24.1 Å². The fourth-order valence-corrected chi connectivity index (χ4v) is 4.38. The van der Waals surface area contributed by atoms with Crippen molar-refractivity contribution in [3.8, 4) is 11.1 Å². The van der Waals surface area contributed by atoms with Gasteiger partial charge < -0.3 is 14.0 Å². The minimum atomic E-state index is -4.00. The number of sulfonamides is 1. The smallest absolute Gasteiger partial charge is 0.269 e. The normalized spacial score (nSPS) is 11.6. The minimum Gasteiger partial charge on any atom is -0.382 e. The van der Waals surface area contributed by atoms with Gasteiger partial charge in [-0.3, -0.25) is 0 Å². The highest BCUT2D eigenvalue weighted by Crippen LogP contribution is 2.33. The number of hydrogen-bond donors (Lipinski definition) is 0. The number of aromatic nitrogens is 1. The average molecular weight is 416 g/mol. The van der Waals surface area contributed by atoms with Crippen LogP contribution in [-0.2, 0) is 19.5 Å². The van der Waals surface area contributed by atoms with Gasteiger partial charge in [0, 0.05) is 18.2 Å². The predicted molar refractivity (Wildman–Crippen MR) is 110 cm³/mol. The van der Waals surface area contributed by atoms with Crippen LogP contribution in [-0.4, -0.2) is 40.6 Å². The van der Waals surface area contributed by atoms with Crippen LogP contribution >= 0.6 is 0 Å². The average Bonchev–Trinajstić information content (AvgIpc) is 3.07. The van der Waals surface area contributed by atoms with Crippen LogP contribution in [0.5, 0.6) is 0 Å². The van der Waals surface area contributed by atoms with Gasteiger partial charge in [0.25, 0.3) is 10.0 Å². The number of methoxy groups -OCH3 is 1. The maximum absolute atomic E-state index is 13.7. The fourth-order valence-electron chi connectivity index (χ4n) is 2.83. The summed E-state index contributed by atoms with van der Waals surface area (Å²) in [4.78, 5) is 0.162. The first-order valence-corrected chi connectivity index (χ1v) is 10.6. The highest BCUT2D eigenvalue weighted by atomic mass is 32.2. The van der Waals surface area contributed by atoms with E-state index in [1.165, 1.54) is 0 Å². The molecular formula is C21H24N2O5S. The molecule has 0 saturated carbocycles. The summed E-state index contributed by atoms with van der Waals surface area (Å²) in [7, 11) is -2.44. The highest BCUT2D eigenvalue weighted by molar-refractivity contribution is 7.93. The predicted octanol–water partition coefficient (Wildman–Crippen LogP) is 3.77. The summed E-state index contributed by atoms with van der Waals surface area (Å²) in [6.45, 7) is 3.90. The molecule has 1 aromatic heterocycles. The summed E-state index contributed by atoms with van der Waals surface area (Å²) in [6, 6.07) is 16.2. The van der Waals surface area contributed by atoms with Crippen molar-refractivity contribution in [1.82, 2.24) is 5.16 Å². The number of hydrogen-bond acceptors (Lipinski definition) is 6. The van der Waals surface area contributed by atoms with E-state index in [0.29, 0.717) is 23.4 Å². The van der Waals surface area contributed by atoms with Crippen LogP contribution in [0, 0.1) is 13.8 Å². The number of anilines is 1. The molecule has 0 fully saturated rings. The zero-order valence-electron chi connectivity index (χ0n) is 16.7. The molecule has 0 bridgehead atoms. The second-order valence-corrected chi connectivity index (χ2v) is 8.27. The molecule has 0 radical (unpaired) electrons. The Hall–Kier alpha value is -2.68. The van der Waals surface area contributed by atoms with E-state index in [0.717, 1.165) is 9.87 Å². The Kier molecular flexibility index (Phi) is 6.68. The molecule has 0 unspecified atom stereocenters. The molecule has 0 saturated heterocycles. The van der Waals surface area contributed by atoms with Gasteiger partial charge in [-0.15, -0.1) is 0 Å². The van der Waals surface area contributed by atoms with E-state index in [9.17, 15) is 8.42 Å². The number of benzene rings is 2. The topological polar surface area (TPSA) is 81.9 Å². The molecule has 3 rings (SSSR count). The summed E-state index contributed by atoms with van der Waals surface area (Å²) in [5, 5.41) is 3.91. The van der Waals surface area contributed by atoms with Gasteiger partial charge in [-0.05, 0) is 25.5 Å². The lowest BCUT2D eigenvalue weighted by molar-refractivity contribution is 0.0744. The van der Waals surface area contributed by atoms with Crippen LogP contribution in [0.3, 0.4) is 0 Å². The summed E-state index contributed by atoms with van der Waals surface area (Å²) in [5.74, 6) is 0.141. The van der Waals surface area contributed by atoms with Crippen molar-refractivity contribution in [3.63, 3.8) is 0 Å². The number of rotatable bonds is 9. The Labute approximate surface area is 170 Å². The minimum absolute atomic E-state index is 0.141. The molecule has 29 heavy (non-hydrogen) atoms. The number of nitrogens with zero attached hydrogens (tertiary/aromatic N) is 2. The molecule has 0 amide bonds. The van der Waals surface area contributed by atoms with Crippen molar-refractivity contribution in [2.24, 2.45) is 0 Å². The first kappa shape index (κ1) is 21.0. The van der Waals surface area contributed by atoms with Crippen molar-refractivity contribution in [3.05, 3.63) is 65.9 Å². The molecule has 0 N–H and O–H groups in total. The molecule has 7 nitrogen and oxygen atoms in total. The summed E-state index contributed by atoms with van der Waals surface area (Å²) >= 11 is 0. The fraction of sp³-hybridized carbons (Fsp3) is 0.286. The molecule has 0 aliphatic carbocycles. The Bertz CT molecular complexity index is 1050. The van der Waals surface area contributed by atoms with Gasteiger partial charge in [0.05, 0.1) is 23.8 Å². The largest absolute Gasteiger partial charge is 0.382 e. The lowest BCUT2D eigenvalue weighted by Gasteiger charge is -2.23. The molecular weight excluding hydrogens is 392 g/mol. The lowest BCUT2D eigenvalue weighted by atomic mass is 10.1. The first-order valence-electron chi connectivity index (χ1n) is 9.13. The lowest BCUT2D eigenvalue weighted by Crippen LogP contribution is -2.34. The highest BCUT2D eigenvalue weighted by Gasteiger charge is 2.32. The van der Waals surface area contributed by atoms with E-state index < -0.39 is 10.0 Å². The monoisotopic (exact) mass is 416 g/mol. The molecule has 0 spiro atoms. The van der Waals surface area contributed by atoms with Crippen LogP contribution in [0.1, 0.15) is 11.3 Å². The zero-order chi connectivity index (χ0) is 20.9. The van der Waals surface area contributed by atoms with Gasteiger partial charge in [-0.1, -0.05) is 53.7 Å². The van der Waals surface area contributed by atoms with E-state index >= 15 is 0 Å². The molecule has 3 aromatic rings. The van der Waals surface area contributed by atoms with Crippen molar-refractivity contribution in [2.45, 2.75) is 18.7 Å². The molecule has 1 heterocycles. The van der Waals surface area contributed by atoms with Crippen molar-refractivity contribution < 1.29 is 22.4 Å². The molecule has 0 aliphatic heterocycles. The third-order valence-corrected chi connectivity index (χ3v) is 6.30. The van der Waals surface area contributed by atoms with Crippen LogP contribution < -0.4 is 4.31 Å². The second-order valence-electron chi connectivity index (χ2n) is 6.44. The summed E-state index contributed by atoms with van der Waals surface area (Å²) in [5.41, 5.74) is 2.66. The van der Waals surface area contributed by atoms with Crippen molar-refractivity contribution in [2.75, 3.05) is 31.4 Å². The second kappa shape index (κ2) is 9.21. The summed E-state index contributed by atoms with van der Waals surface area (Å²) < 4.78 is 44.3. The quantitative estimate of drug-likeness (QED) is 0.390. The summed E-state index contributed by atoms with van der Waals surface area (Å²) in [6.07, 6.45) is 0. The van der Waals surface area contributed by atoms with Crippen LogP contribution in [0.15, 0.2) is 64.0 Å². The van der Waals surface area contributed by atoms with E-state index in [1.807, 2.05) is 36.4 Å². The number of aryl methyl sites for hydroxylation is 1. The van der Waals surface area contributed by atoms with Gasteiger partial charge in [0.2, 0.25) is 5.88 Å². The molecule has 8 heteroatoms. The molecule has 2 aromatic carbocycles. The van der Waals surface area contributed by atoms with E-state index in [1.54, 1.807) is 39.2 Å². The van der Waals surface area contributed by atoms with Gasteiger partial charge in [-0.25, -0.2) is 12.7 Å². The molecule has 154 valence electrons. The SMILES string of the molecule is COCCOCN(c1onc(C)c1C)S(=O)(=O)c1ccccc1-c1ccccc1. The Morgan fingerprint density at radius 1 is 1.00 bits per heavy atom. The van der Waals surface area contributed by atoms with E-state index in [2.05, 4.69) is 5.16 Å². The number of ether oxygens (including phenoxy) is 2. The van der Waals surface area contributed by atoms with Crippen molar-refractivity contribution in [1.29, 1.82) is 0 Å². The van der Waals surface area contributed by atoms with Gasteiger partial charge >= 0.3 is 0 Å². The zero-order valence-corrected chi connectivity index (χ0v) is 17.5. The van der Waals surface area contributed by atoms with E-state index in [4.69, 9.17) is 14.0 Å². The third kappa shape index (κ3) is 4.50. The molecule has 0 atom stereocenters. The van der Waals surface area contributed by atoms with Crippen LogP contribution in [0.25, 0.3) is 11.1 Å². The van der Waals surface area contributed by atoms with Gasteiger partial charge in [0.15, 0.2) is 0 Å². The maximum atomic E-state index is 13.7. The Balaban J connectivity index is 2.07. The maximum Gasteiger partial charge on any atom is 0.269 e. The van der Waals surface area contributed by atoms with Crippen LogP contribution in [0.4, 0.5) is 5.88 Å². The molecule has 0 aliphatic rings. The standard InChI is InChI=1S/C21H24N2O5S/c1-16-17(2)22-28-21(16)23(15-27-14-13-26-3)29(24,25)20-12-8-7-11-19(20)18-9-5-4-6-10-18/h4-12H,13-15H2,1-3H3. The first-order chi connectivity index (χ1) is 14.0. The van der Waals surface area contributed by atoms with Gasteiger partial charge in [0.1, 0.15) is 6.73 Å². The Morgan fingerprint density at radius 2 is 1.69 bits per heavy atom. The van der Waals surface area contributed by atoms with Gasteiger partial charge in [-0.2, -0.15) is 0 Å². The van der Waals surface area contributed by atoms with Crippen molar-refractivity contribution >= 4 is 15.9 Å². The Morgan fingerprint density at radius 3 is 2.34 bits per heavy atom. The third-order valence-electron chi connectivity index (χ3n) is 4.54.